The third-order valence-corrected chi connectivity index (χ3v) is 4.79. The minimum absolute atomic E-state index is 0.438. The quantitative estimate of drug-likeness (QED) is 0.928. The van der Waals surface area contributed by atoms with E-state index < -0.39 is 0 Å². The van der Waals surface area contributed by atoms with Crippen LogP contribution in [-0.4, -0.2) is 31.6 Å². The molecule has 18 heavy (non-hydrogen) atoms. The third-order valence-electron chi connectivity index (χ3n) is 4.11. The highest BCUT2D eigenvalue weighted by Gasteiger charge is 2.20. The van der Waals surface area contributed by atoms with Crippen LogP contribution < -0.4 is 5.73 Å². The molecule has 1 saturated heterocycles. The standard InChI is InChI=1S/C15H23BrN2/c1-11(10-17)13-3-4-14(15(16)9-13)12-5-7-18(2)8-6-12/h3-4,9,11-12H,5-8,10,17H2,1-2H3. The summed E-state index contributed by atoms with van der Waals surface area (Å²) in [4.78, 5) is 2.41. The van der Waals surface area contributed by atoms with Gasteiger partial charge in [0.05, 0.1) is 0 Å². The molecule has 1 unspecified atom stereocenters. The first-order chi connectivity index (χ1) is 8.61. The maximum Gasteiger partial charge on any atom is 0.0212 e. The molecule has 1 aromatic rings. The van der Waals surface area contributed by atoms with Gasteiger partial charge in [0.1, 0.15) is 0 Å². The minimum Gasteiger partial charge on any atom is -0.330 e. The first kappa shape index (κ1) is 14.0. The first-order valence-corrected chi connectivity index (χ1v) is 7.59. The molecule has 0 aliphatic carbocycles. The van der Waals surface area contributed by atoms with Crippen molar-refractivity contribution >= 4 is 15.9 Å². The lowest BCUT2D eigenvalue weighted by Crippen LogP contribution is -2.29. The number of benzene rings is 1. The minimum atomic E-state index is 0.438. The molecule has 100 valence electrons. The van der Waals surface area contributed by atoms with Crippen molar-refractivity contribution < 1.29 is 0 Å². The summed E-state index contributed by atoms with van der Waals surface area (Å²) in [6, 6.07) is 6.79. The second-order valence-corrected chi connectivity index (χ2v) is 6.35. The number of rotatable bonds is 3. The van der Waals surface area contributed by atoms with Crippen LogP contribution in [0.4, 0.5) is 0 Å². The second-order valence-electron chi connectivity index (χ2n) is 5.50. The van der Waals surface area contributed by atoms with E-state index in [9.17, 15) is 0 Å². The van der Waals surface area contributed by atoms with Crippen LogP contribution in [0, 0.1) is 0 Å². The summed E-state index contributed by atoms with van der Waals surface area (Å²) in [7, 11) is 2.21. The number of hydrogen-bond donors (Lipinski definition) is 1. The van der Waals surface area contributed by atoms with E-state index in [4.69, 9.17) is 5.73 Å². The number of nitrogens with two attached hydrogens (primary N) is 1. The molecule has 0 radical (unpaired) electrons. The number of hydrogen-bond acceptors (Lipinski definition) is 2. The highest BCUT2D eigenvalue weighted by molar-refractivity contribution is 9.10. The second kappa shape index (κ2) is 6.18. The van der Waals surface area contributed by atoms with Gasteiger partial charge in [-0.3, -0.25) is 0 Å². The van der Waals surface area contributed by atoms with Gasteiger partial charge >= 0.3 is 0 Å². The molecule has 0 aromatic heterocycles. The average Bonchev–Trinajstić information content (AvgIpc) is 2.39. The summed E-state index contributed by atoms with van der Waals surface area (Å²) < 4.78 is 1.26. The van der Waals surface area contributed by atoms with Gasteiger partial charge in [-0.25, -0.2) is 0 Å². The van der Waals surface area contributed by atoms with E-state index in [1.54, 1.807) is 0 Å². The number of nitrogens with zero attached hydrogens (tertiary/aromatic N) is 1. The van der Waals surface area contributed by atoms with Crippen LogP contribution in [0.5, 0.6) is 0 Å². The Morgan fingerprint density at radius 3 is 2.61 bits per heavy atom. The normalized spacial score (nSPS) is 20.0. The molecule has 2 rings (SSSR count). The van der Waals surface area contributed by atoms with Gasteiger partial charge in [0.25, 0.3) is 0 Å². The van der Waals surface area contributed by atoms with Gasteiger partial charge < -0.3 is 10.6 Å². The molecule has 3 heteroatoms. The SMILES string of the molecule is CC(CN)c1ccc(C2CCN(C)CC2)c(Br)c1. The van der Waals surface area contributed by atoms with Crippen molar-refractivity contribution in [2.75, 3.05) is 26.7 Å². The van der Waals surface area contributed by atoms with Gasteiger partial charge in [0.2, 0.25) is 0 Å². The molecule has 1 heterocycles. The summed E-state index contributed by atoms with van der Waals surface area (Å²) in [5.41, 5.74) is 8.53. The van der Waals surface area contributed by atoms with Crippen LogP contribution >= 0.6 is 15.9 Å². The Bertz CT molecular complexity index is 397. The molecule has 0 bridgehead atoms. The van der Waals surface area contributed by atoms with Gasteiger partial charge in [-0.05, 0) is 68.6 Å². The Morgan fingerprint density at radius 2 is 2.06 bits per heavy atom. The first-order valence-electron chi connectivity index (χ1n) is 6.79. The fourth-order valence-corrected chi connectivity index (χ4v) is 3.36. The average molecular weight is 311 g/mol. The largest absolute Gasteiger partial charge is 0.330 e. The zero-order valence-corrected chi connectivity index (χ0v) is 12.9. The molecule has 0 amide bonds. The lowest BCUT2D eigenvalue weighted by molar-refractivity contribution is 0.255. The topological polar surface area (TPSA) is 29.3 Å². The van der Waals surface area contributed by atoms with Crippen molar-refractivity contribution in [3.63, 3.8) is 0 Å². The summed E-state index contributed by atoms with van der Waals surface area (Å²) in [6.07, 6.45) is 2.53. The van der Waals surface area contributed by atoms with E-state index in [2.05, 4.69) is 53.0 Å². The molecule has 1 aliphatic heterocycles. The number of likely N-dealkylation sites (tertiary alicyclic amines) is 1. The van der Waals surface area contributed by atoms with E-state index >= 15 is 0 Å². The lowest BCUT2D eigenvalue weighted by Gasteiger charge is -2.30. The summed E-state index contributed by atoms with van der Waals surface area (Å²) in [6.45, 7) is 5.30. The molecule has 2 nitrogen and oxygen atoms in total. The predicted octanol–water partition coefficient (Wildman–Crippen LogP) is 3.32. The van der Waals surface area contributed by atoms with Crippen molar-refractivity contribution in [3.8, 4) is 0 Å². The van der Waals surface area contributed by atoms with Crippen molar-refractivity contribution in [2.45, 2.75) is 31.6 Å². The summed E-state index contributed by atoms with van der Waals surface area (Å²) >= 11 is 3.74. The summed E-state index contributed by atoms with van der Waals surface area (Å²) in [5, 5.41) is 0. The van der Waals surface area contributed by atoms with Gasteiger partial charge in [-0.2, -0.15) is 0 Å². The van der Waals surface area contributed by atoms with Crippen LogP contribution in [-0.2, 0) is 0 Å². The Labute approximate surface area is 119 Å². The smallest absolute Gasteiger partial charge is 0.0212 e. The Kier molecular flexibility index (Phi) is 4.82. The Hall–Kier alpha value is -0.380. The molecule has 1 fully saturated rings. The molecule has 1 aliphatic rings. The summed E-state index contributed by atoms with van der Waals surface area (Å²) in [5.74, 6) is 1.14. The van der Waals surface area contributed by atoms with Crippen molar-refractivity contribution in [1.82, 2.24) is 4.90 Å². The van der Waals surface area contributed by atoms with E-state index in [0.29, 0.717) is 18.4 Å². The van der Waals surface area contributed by atoms with Gasteiger partial charge in [0.15, 0.2) is 0 Å². The maximum atomic E-state index is 5.73. The van der Waals surface area contributed by atoms with E-state index in [1.807, 2.05) is 0 Å². The van der Waals surface area contributed by atoms with Gasteiger partial charge in [0, 0.05) is 4.47 Å². The molecule has 0 saturated carbocycles. The zero-order chi connectivity index (χ0) is 13.1. The van der Waals surface area contributed by atoms with Crippen molar-refractivity contribution in [1.29, 1.82) is 0 Å². The van der Waals surface area contributed by atoms with Crippen molar-refractivity contribution in [3.05, 3.63) is 33.8 Å². The van der Waals surface area contributed by atoms with Crippen molar-refractivity contribution in [2.24, 2.45) is 5.73 Å². The number of piperidine rings is 1. The van der Waals surface area contributed by atoms with Crippen LogP contribution in [0.25, 0.3) is 0 Å². The molecule has 0 spiro atoms. The fraction of sp³-hybridized carbons (Fsp3) is 0.600. The Morgan fingerprint density at radius 1 is 1.39 bits per heavy atom. The molecule has 1 aromatic carbocycles. The van der Waals surface area contributed by atoms with Gasteiger partial charge in [-0.15, -0.1) is 0 Å². The Balaban J connectivity index is 2.14. The highest BCUT2D eigenvalue weighted by Crippen LogP contribution is 2.34. The van der Waals surface area contributed by atoms with E-state index in [-0.39, 0.29) is 0 Å². The predicted molar refractivity (Wildman–Crippen MR) is 81.1 cm³/mol. The third kappa shape index (κ3) is 3.14. The molecular weight excluding hydrogens is 288 g/mol. The van der Waals surface area contributed by atoms with Gasteiger partial charge in [-0.1, -0.05) is 35.0 Å². The fourth-order valence-electron chi connectivity index (χ4n) is 2.64. The lowest BCUT2D eigenvalue weighted by atomic mass is 9.88. The van der Waals surface area contributed by atoms with E-state index in [1.165, 1.54) is 41.5 Å². The monoisotopic (exact) mass is 310 g/mol. The van der Waals surface area contributed by atoms with Crippen LogP contribution in [0.15, 0.2) is 22.7 Å². The molecule has 2 N–H and O–H groups in total. The van der Waals surface area contributed by atoms with Crippen LogP contribution in [0.3, 0.4) is 0 Å². The molecule has 1 atom stereocenters. The number of halogens is 1. The molecular formula is C15H23BrN2. The van der Waals surface area contributed by atoms with Crippen LogP contribution in [0.2, 0.25) is 0 Å². The van der Waals surface area contributed by atoms with E-state index in [0.717, 1.165) is 0 Å². The zero-order valence-electron chi connectivity index (χ0n) is 11.3. The van der Waals surface area contributed by atoms with Crippen LogP contribution in [0.1, 0.15) is 42.7 Å². The highest BCUT2D eigenvalue weighted by atomic mass is 79.9. The maximum absolute atomic E-state index is 5.73.